The highest BCUT2D eigenvalue weighted by Gasteiger charge is 2.03. The fraction of sp³-hybridized carbons (Fsp3) is 0.118. The molecule has 0 aliphatic heterocycles. The summed E-state index contributed by atoms with van der Waals surface area (Å²) in [6, 6.07) is 18.9. The molecule has 0 atom stereocenters. The van der Waals surface area contributed by atoms with Crippen LogP contribution in [0.1, 0.15) is 5.82 Å². The van der Waals surface area contributed by atoms with Gasteiger partial charge in [0.15, 0.2) is 0 Å². The predicted molar refractivity (Wildman–Crippen MR) is 89.5 cm³/mol. The second-order valence-corrected chi connectivity index (χ2v) is 4.73. The molecule has 0 radical (unpaired) electrons. The number of nitrogens with two attached hydrogens (primary N) is 1. The van der Waals surface area contributed by atoms with Gasteiger partial charge in [-0.3, -0.25) is 0 Å². The molecule has 0 saturated carbocycles. The van der Waals surface area contributed by atoms with Crippen molar-refractivity contribution in [3.05, 3.63) is 66.6 Å². The van der Waals surface area contributed by atoms with Gasteiger partial charge in [-0.25, -0.2) is 4.98 Å². The number of nitrogens with zero attached hydrogens (tertiary/aromatic N) is 1. The molecule has 1 heterocycles. The Morgan fingerprint density at radius 2 is 1.48 bits per heavy atom. The van der Waals surface area contributed by atoms with E-state index >= 15 is 0 Å². The van der Waals surface area contributed by atoms with E-state index in [4.69, 9.17) is 5.73 Å². The third kappa shape index (κ3) is 3.51. The van der Waals surface area contributed by atoms with Crippen molar-refractivity contribution in [1.82, 2.24) is 9.97 Å². The molecule has 0 saturated heterocycles. The topological polar surface area (TPSA) is 54.7 Å². The number of nitrogens with one attached hydrogen (secondary N) is 1. The van der Waals surface area contributed by atoms with E-state index in [1.165, 1.54) is 11.1 Å². The SMILES string of the molecule is Cl.NCCc1ncc(-c2ccc(-c3ccccc3)cc2)[nH]1. The van der Waals surface area contributed by atoms with Gasteiger partial charge < -0.3 is 10.7 Å². The molecule has 0 aliphatic rings. The van der Waals surface area contributed by atoms with Crippen LogP contribution in [0.25, 0.3) is 22.4 Å². The molecule has 0 unspecified atom stereocenters. The molecule has 0 bridgehead atoms. The van der Waals surface area contributed by atoms with Crippen LogP contribution in [0, 0.1) is 0 Å². The van der Waals surface area contributed by atoms with Gasteiger partial charge in [-0.1, -0.05) is 54.6 Å². The molecule has 108 valence electrons. The quantitative estimate of drug-likeness (QED) is 0.772. The summed E-state index contributed by atoms with van der Waals surface area (Å²) < 4.78 is 0. The van der Waals surface area contributed by atoms with Gasteiger partial charge in [-0.15, -0.1) is 12.4 Å². The monoisotopic (exact) mass is 299 g/mol. The molecular formula is C17H18ClN3. The van der Waals surface area contributed by atoms with Crippen molar-refractivity contribution in [1.29, 1.82) is 0 Å². The number of aromatic nitrogens is 2. The van der Waals surface area contributed by atoms with Crippen molar-refractivity contribution in [3.8, 4) is 22.4 Å². The lowest BCUT2D eigenvalue weighted by molar-refractivity contribution is 0.895. The lowest BCUT2D eigenvalue weighted by atomic mass is 10.0. The van der Waals surface area contributed by atoms with Crippen LogP contribution in [0.15, 0.2) is 60.8 Å². The molecule has 0 spiro atoms. The maximum absolute atomic E-state index is 5.53. The second-order valence-electron chi connectivity index (χ2n) is 4.73. The Bertz CT molecular complexity index is 675. The Balaban J connectivity index is 0.00000161. The number of imidazole rings is 1. The van der Waals surface area contributed by atoms with Crippen LogP contribution < -0.4 is 5.73 Å². The van der Waals surface area contributed by atoms with Crippen LogP contribution in [0.3, 0.4) is 0 Å². The van der Waals surface area contributed by atoms with Gasteiger partial charge in [0, 0.05) is 6.42 Å². The highest BCUT2D eigenvalue weighted by molar-refractivity contribution is 5.85. The van der Waals surface area contributed by atoms with Crippen molar-refractivity contribution in [2.75, 3.05) is 6.54 Å². The summed E-state index contributed by atoms with van der Waals surface area (Å²) in [7, 11) is 0. The fourth-order valence-electron chi connectivity index (χ4n) is 2.25. The third-order valence-electron chi connectivity index (χ3n) is 3.31. The Kier molecular flexibility index (Phi) is 5.14. The van der Waals surface area contributed by atoms with Crippen molar-refractivity contribution < 1.29 is 0 Å². The first kappa shape index (κ1) is 15.3. The smallest absolute Gasteiger partial charge is 0.107 e. The lowest BCUT2D eigenvalue weighted by Crippen LogP contribution is -2.03. The van der Waals surface area contributed by atoms with E-state index in [0.29, 0.717) is 6.54 Å². The number of halogens is 1. The minimum atomic E-state index is 0. The van der Waals surface area contributed by atoms with Gasteiger partial charge in [-0.05, 0) is 23.2 Å². The summed E-state index contributed by atoms with van der Waals surface area (Å²) in [6.45, 7) is 0.611. The number of hydrogen-bond donors (Lipinski definition) is 2. The van der Waals surface area contributed by atoms with Crippen LogP contribution in [-0.2, 0) is 6.42 Å². The fourth-order valence-corrected chi connectivity index (χ4v) is 2.25. The Morgan fingerprint density at radius 1 is 0.857 bits per heavy atom. The van der Waals surface area contributed by atoms with Gasteiger partial charge in [0.05, 0.1) is 11.9 Å². The van der Waals surface area contributed by atoms with Gasteiger partial charge >= 0.3 is 0 Å². The molecule has 0 fully saturated rings. The lowest BCUT2D eigenvalue weighted by Gasteiger charge is -2.03. The van der Waals surface area contributed by atoms with E-state index in [1.54, 1.807) is 0 Å². The van der Waals surface area contributed by atoms with Crippen LogP contribution in [0.4, 0.5) is 0 Å². The van der Waals surface area contributed by atoms with E-state index in [2.05, 4.69) is 58.5 Å². The average Bonchev–Trinajstić information content (AvgIpc) is 2.97. The summed E-state index contributed by atoms with van der Waals surface area (Å²) in [5, 5.41) is 0. The highest BCUT2D eigenvalue weighted by atomic mass is 35.5. The van der Waals surface area contributed by atoms with Gasteiger partial charge in [0.1, 0.15) is 5.82 Å². The van der Waals surface area contributed by atoms with Gasteiger partial charge in [0.25, 0.3) is 0 Å². The number of H-pyrrole nitrogens is 1. The highest BCUT2D eigenvalue weighted by Crippen LogP contribution is 2.23. The molecule has 4 heteroatoms. The van der Waals surface area contributed by atoms with Crippen molar-refractivity contribution in [2.45, 2.75) is 6.42 Å². The van der Waals surface area contributed by atoms with Crippen molar-refractivity contribution in [2.24, 2.45) is 5.73 Å². The van der Waals surface area contributed by atoms with E-state index in [0.717, 1.165) is 23.5 Å². The maximum Gasteiger partial charge on any atom is 0.107 e. The molecule has 3 rings (SSSR count). The first-order chi connectivity index (χ1) is 9.86. The number of hydrogen-bond acceptors (Lipinski definition) is 2. The van der Waals surface area contributed by atoms with E-state index in [9.17, 15) is 0 Å². The van der Waals surface area contributed by atoms with Crippen molar-refractivity contribution >= 4 is 12.4 Å². The van der Waals surface area contributed by atoms with Crippen LogP contribution >= 0.6 is 12.4 Å². The molecule has 21 heavy (non-hydrogen) atoms. The Hall–Kier alpha value is -2.10. The molecule has 0 aliphatic carbocycles. The van der Waals surface area contributed by atoms with Crippen molar-refractivity contribution in [3.63, 3.8) is 0 Å². The Morgan fingerprint density at radius 3 is 2.14 bits per heavy atom. The van der Waals surface area contributed by atoms with E-state index in [-0.39, 0.29) is 12.4 Å². The van der Waals surface area contributed by atoms with Crippen LogP contribution in [0.5, 0.6) is 0 Å². The normalized spacial score (nSPS) is 10.1. The van der Waals surface area contributed by atoms with Gasteiger partial charge in [-0.2, -0.15) is 0 Å². The molecule has 1 aromatic heterocycles. The minimum Gasteiger partial charge on any atom is -0.342 e. The largest absolute Gasteiger partial charge is 0.342 e. The maximum atomic E-state index is 5.53. The third-order valence-corrected chi connectivity index (χ3v) is 3.31. The summed E-state index contributed by atoms with van der Waals surface area (Å²) in [5.74, 6) is 0.939. The van der Waals surface area contributed by atoms with E-state index in [1.807, 2.05) is 12.3 Å². The predicted octanol–water partition coefficient (Wildman–Crippen LogP) is 3.67. The summed E-state index contributed by atoms with van der Waals surface area (Å²) in [4.78, 5) is 7.63. The minimum absolute atomic E-state index is 0. The average molecular weight is 300 g/mol. The number of rotatable bonds is 4. The molecule has 0 amide bonds. The van der Waals surface area contributed by atoms with Crippen LogP contribution in [-0.4, -0.2) is 16.5 Å². The molecule has 2 aromatic carbocycles. The van der Waals surface area contributed by atoms with Gasteiger partial charge in [0.2, 0.25) is 0 Å². The standard InChI is InChI=1S/C17H17N3.ClH/c18-11-10-17-19-12-16(20-17)15-8-6-14(7-9-15)13-4-2-1-3-5-13;/h1-9,12H,10-11,18H2,(H,19,20);1H. The van der Waals surface area contributed by atoms with E-state index < -0.39 is 0 Å². The number of benzene rings is 2. The molecular weight excluding hydrogens is 282 g/mol. The first-order valence-corrected chi connectivity index (χ1v) is 6.76. The summed E-state index contributed by atoms with van der Waals surface area (Å²) in [5.41, 5.74) is 10.2. The number of aromatic amines is 1. The van der Waals surface area contributed by atoms with Crippen LogP contribution in [0.2, 0.25) is 0 Å². The molecule has 3 nitrogen and oxygen atoms in total. The second kappa shape index (κ2) is 7.07. The summed E-state index contributed by atoms with van der Waals surface area (Å²) in [6.07, 6.45) is 2.64. The zero-order chi connectivity index (χ0) is 13.8. The molecule has 3 aromatic rings. The first-order valence-electron chi connectivity index (χ1n) is 6.76. The summed E-state index contributed by atoms with van der Waals surface area (Å²) >= 11 is 0. The molecule has 3 N–H and O–H groups in total. The Labute approximate surface area is 130 Å². The zero-order valence-electron chi connectivity index (χ0n) is 11.6. The zero-order valence-corrected chi connectivity index (χ0v) is 12.4.